The normalized spacial score (nSPS) is 11.4. The minimum Gasteiger partial charge on any atom is -0.466 e. The van der Waals surface area contributed by atoms with Gasteiger partial charge in [-0.05, 0) is 18.2 Å². The molecule has 5 heteroatoms. The second-order valence-electron chi connectivity index (χ2n) is 5.16. The highest BCUT2D eigenvalue weighted by atomic mass is 16.6. The van der Waals surface area contributed by atoms with Crippen LogP contribution in [-0.2, 0) is 14.3 Å². The van der Waals surface area contributed by atoms with Gasteiger partial charge in [0.15, 0.2) is 0 Å². The Morgan fingerprint density at radius 1 is 1.00 bits per heavy atom. The summed E-state index contributed by atoms with van der Waals surface area (Å²) < 4.78 is 10.1. The monoisotopic (exact) mass is 313 g/mol. The first-order chi connectivity index (χ1) is 11.0. The van der Waals surface area contributed by atoms with Crippen LogP contribution in [0.4, 0.5) is 5.69 Å². The van der Waals surface area contributed by atoms with E-state index < -0.39 is 18.0 Å². The van der Waals surface area contributed by atoms with Crippen LogP contribution in [0.2, 0.25) is 0 Å². The number of nitrogens with zero attached hydrogens (tertiary/aromatic N) is 1. The molecule has 5 nitrogen and oxygen atoms in total. The van der Waals surface area contributed by atoms with Crippen LogP contribution in [0.5, 0.6) is 0 Å². The van der Waals surface area contributed by atoms with E-state index in [-0.39, 0.29) is 0 Å². The zero-order valence-electron chi connectivity index (χ0n) is 13.4. The second kappa shape index (κ2) is 7.45. The molecule has 0 aliphatic heterocycles. The molecule has 0 aliphatic carbocycles. The third kappa shape index (κ3) is 4.10. The summed E-state index contributed by atoms with van der Waals surface area (Å²) >= 11 is 0. The van der Waals surface area contributed by atoms with Gasteiger partial charge in [-0.1, -0.05) is 36.4 Å². The van der Waals surface area contributed by atoms with Crippen molar-refractivity contribution in [2.24, 2.45) is 0 Å². The Hall–Kier alpha value is -2.82. The minimum atomic E-state index is -1.09. The van der Waals surface area contributed by atoms with Crippen molar-refractivity contribution in [1.82, 2.24) is 0 Å². The van der Waals surface area contributed by atoms with E-state index in [1.54, 1.807) is 42.5 Å². The average Bonchev–Trinajstić information content (AvgIpc) is 2.59. The molecule has 23 heavy (non-hydrogen) atoms. The van der Waals surface area contributed by atoms with Crippen LogP contribution in [0.15, 0.2) is 54.6 Å². The molecule has 2 aromatic rings. The average molecular weight is 313 g/mol. The molecule has 2 rings (SSSR count). The van der Waals surface area contributed by atoms with E-state index in [4.69, 9.17) is 9.47 Å². The van der Waals surface area contributed by atoms with Crippen molar-refractivity contribution in [2.75, 3.05) is 26.1 Å². The number of methoxy groups -OCH3 is 1. The van der Waals surface area contributed by atoms with Crippen LogP contribution in [0.1, 0.15) is 22.0 Å². The molecule has 1 unspecified atom stereocenters. The Morgan fingerprint density at radius 3 is 2.30 bits per heavy atom. The lowest BCUT2D eigenvalue weighted by atomic mass is 10.1. The molecular weight excluding hydrogens is 294 g/mol. The first-order valence-corrected chi connectivity index (χ1v) is 7.14. The summed E-state index contributed by atoms with van der Waals surface area (Å²) in [4.78, 5) is 26.2. The molecule has 0 spiro atoms. The maximum absolute atomic E-state index is 12.4. The number of ether oxygens (including phenoxy) is 2. The fraction of sp³-hybridized carbons (Fsp3) is 0.222. The van der Waals surface area contributed by atoms with E-state index in [2.05, 4.69) is 0 Å². The summed E-state index contributed by atoms with van der Waals surface area (Å²) in [6.45, 7) is 0. The molecule has 1 atom stereocenters. The second-order valence-corrected chi connectivity index (χ2v) is 5.16. The standard InChI is InChI=1S/C18H19NO4/c1-19(2)15-11-7-10-14(12-15)17(20)23-16(18(21)22-3)13-8-5-4-6-9-13/h4-12,16H,1-3H3. The molecule has 2 aromatic carbocycles. The number of hydrogen-bond donors (Lipinski definition) is 0. The van der Waals surface area contributed by atoms with E-state index >= 15 is 0 Å². The summed E-state index contributed by atoms with van der Waals surface area (Å²) in [6.07, 6.45) is -1.09. The van der Waals surface area contributed by atoms with Crippen LogP contribution < -0.4 is 4.90 Å². The molecule has 0 N–H and O–H groups in total. The molecule has 0 saturated carbocycles. The van der Waals surface area contributed by atoms with Crippen LogP contribution in [0, 0.1) is 0 Å². The van der Waals surface area contributed by atoms with E-state index in [0.717, 1.165) is 5.69 Å². The molecule has 0 heterocycles. The van der Waals surface area contributed by atoms with Crippen molar-refractivity contribution < 1.29 is 19.1 Å². The SMILES string of the molecule is COC(=O)C(OC(=O)c1cccc(N(C)C)c1)c1ccccc1. The molecule has 0 fully saturated rings. The summed E-state index contributed by atoms with van der Waals surface area (Å²) in [5.41, 5.74) is 1.81. The summed E-state index contributed by atoms with van der Waals surface area (Å²) in [7, 11) is 5.02. The molecule has 120 valence electrons. The summed E-state index contributed by atoms with van der Waals surface area (Å²) in [6, 6.07) is 15.8. The molecule has 0 saturated heterocycles. The van der Waals surface area contributed by atoms with Gasteiger partial charge in [0.05, 0.1) is 12.7 Å². The van der Waals surface area contributed by atoms with Crippen LogP contribution in [-0.4, -0.2) is 33.1 Å². The van der Waals surface area contributed by atoms with Crippen LogP contribution >= 0.6 is 0 Å². The zero-order chi connectivity index (χ0) is 16.8. The quantitative estimate of drug-likeness (QED) is 0.795. The van der Waals surface area contributed by atoms with Gasteiger partial charge in [0.2, 0.25) is 6.10 Å². The van der Waals surface area contributed by atoms with Gasteiger partial charge < -0.3 is 14.4 Å². The molecule has 0 bridgehead atoms. The first-order valence-electron chi connectivity index (χ1n) is 7.14. The van der Waals surface area contributed by atoms with Crippen LogP contribution in [0.25, 0.3) is 0 Å². The van der Waals surface area contributed by atoms with Crippen molar-refractivity contribution in [3.05, 3.63) is 65.7 Å². The van der Waals surface area contributed by atoms with Crippen molar-refractivity contribution in [2.45, 2.75) is 6.10 Å². The van der Waals surface area contributed by atoms with E-state index in [0.29, 0.717) is 11.1 Å². The lowest BCUT2D eigenvalue weighted by molar-refractivity contribution is -0.151. The minimum absolute atomic E-state index is 0.376. The number of carbonyl (C=O) groups excluding carboxylic acids is 2. The van der Waals surface area contributed by atoms with E-state index in [1.165, 1.54) is 7.11 Å². The molecular formula is C18H19NO4. The number of rotatable bonds is 5. The Labute approximate surface area is 135 Å². The van der Waals surface area contributed by atoms with Crippen molar-refractivity contribution >= 4 is 17.6 Å². The molecule has 0 radical (unpaired) electrons. The van der Waals surface area contributed by atoms with Gasteiger partial charge in [-0.15, -0.1) is 0 Å². The van der Waals surface area contributed by atoms with Crippen molar-refractivity contribution in [3.63, 3.8) is 0 Å². The van der Waals surface area contributed by atoms with E-state index in [1.807, 2.05) is 31.1 Å². The highest BCUT2D eigenvalue weighted by Gasteiger charge is 2.26. The zero-order valence-corrected chi connectivity index (χ0v) is 13.4. The molecule has 0 amide bonds. The summed E-state index contributed by atoms with van der Waals surface area (Å²) in [5.74, 6) is -1.19. The van der Waals surface area contributed by atoms with Crippen molar-refractivity contribution in [3.8, 4) is 0 Å². The van der Waals surface area contributed by atoms with Gasteiger partial charge in [-0.3, -0.25) is 0 Å². The highest BCUT2D eigenvalue weighted by Crippen LogP contribution is 2.22. The molecule has 0 aliphatic rings. The number of anilines is 1. The van der Waals surface area contributed by atoms with E-state index in [9.17, 15) is 9.59 Å². The number of esters is 2. The Bertz CT molecular complexity index is 682. The van der Waals surface area contributed by atoms with Gasteiger partial charge in [-0.2, -0.15) is 0 Å². The lowest BCUT2D eigenvalue weighted by Crippen LogP contribution is -2.21. The fourth-order valence-electron chi connectivity index (χ4n) is 2.07. The predicted octanol–water partition coefficient (Wildman–Crippen LogP) is 2.82. The van der Waals surface area contributed by atoms with Crippen molar-refractivity contribution in [1.29, 1.82) is 0 Å². The number of carbonyl (C=O) groups is 2. The van der Waals surface area contributed by atoms with Gasteiger partial charge in [-0.25, -0.2) is 9.59 Å². The molecule has 0 aromatic heterocycles. The maximum Gasteiger partial charge on any atom is 0.351 e. The first kappa shape index (κ1) is 16.5. The fourth-order valence-corrected chi connectivity index (χ4v) is 2.07. The van der Waals surface area contributed by atoms with Crippen LogP contribution in [0.3, 0.4) is 0 Å². The number of hydrogen-bond acceptors (Lipinski definition) is 5. The third-order valence-corrected chi connectivity index (χ3v) is 3.34. The Balaban J connectivity index is 2.24. The third-order valence-electron chi connectivity index (χ3n) is 3.34. The topological polar surface area (TPSA) is 55.8 Å². The lowest BCUT2D eigenvalue weighted by Gasteiger charge is -2.17. The highest BCUT2D eigenvalue weighted by molar-refractivity contribution is 5.92. The maximum atomic E-state index is 12.4. The Kier molecular flexibility index (Phi) is 5.36. The Morgan fingerprint density at radius 2 is 1.70 bits per heavy atom. The van der Waals surface area contributed by atoms with Gasteiger partial charge in [0.1, 0.15) is 0 Å². The predicted molar refractivity (Wildman–Crippen MR) is 87.4 cm³/mol. The smallest absolute Gasteiger partial charge is 0.351 e. The van der Waals surface area contributed by atoms with Gasteiger partial charge in [0.25, 0.3) is 0 Å². The van der Waals surface area contributed by atoms with Gasteiger partial charge >= 0.3 is 11.9 Å². The number of benzene rings is 2. The largest absolute Gasteiger partial charge is 0.466 e. The van der Waals surface area contributed by atoms with Gasteiger partial charge in [0, 0.05) is 25.3 Å². The summed E-state index contributed by atoms with van der Waals surface area (Å²) in [5, 5.41) is 0.